The number of carbonyl (C=O) groups excluding carboxylic acids is 2. The van der Waals surface area contributed by atoms with E-state index in [0.717, 1.165) is 10.9 Å². The Balaban J connectivity index is 2.30. The highest BCUT2D eigenvalue weighted by molar-refractivity contribution is 7.16. The smallest absolute Gasteiger partial charge is 0.341 e. The fourth-order valence-electron chi connectivity index (χ4n) is 2.12. The third kappa shape index (κ3) is 4.13. The number of nitrogens with one attached hydrogen (secondary N) is 1. The van der Waals surface area contributed by atoms with Crippen LogP contribution in [-0.4, -0.2) is 30.5 Å². The number of ether oxygens (including phenoxy) is 2. The number of benzene rings is 1. The van der Waals surface area contributed by atoms with Crippen molar-refractivity contribution in [3.8, 4) is 5.75 Å². The van der Waals surface area contributed by atoms with Crippen molar-refractivity contribution in [3.63, 3.8) is 0 Å². The van der Waals surface area contributed by atoms with Gasteiger partial charge in [-0.05, 0) is 32.0 Å². The molecule has 132 valence electrons. The van der Waals surface area contributed by atoms with Crippen LogP contribution in [0.1, 0.15) is 32.5 Å². The number of carbonyl (C=O) groups is 2. The molecule has 25 heavy (non-hydrogen) atoms. The van der Waals surface area contributed by atoms with Gasteiger partial charge >= 0.3 is 11.7 Å². The fraction of sp³-hybridized carbons (Fsp3) is 0.250. The van der Waals surface area contributed by atoms with Gasteiger partial charge in [-0.15, -0.1) is 11.3 Å². The largest absolute Gasteiger partial charge is 0.490 e. The normalized spacial score (nSPS) is 10.2. The molecule has 0 aliphatic carbocycles. The van der Waals surface area contributed by atoms with Crippen molar-refractivity contribution in [1.82, 2.24) is 0 Å². The van der Waals surface area contributed by atoms with E-state index < -0.39 is 16.8 Å². The molecular formula is C16H16N2O6S. The molecule has 2 aromatic rings. The van der Waals surface area contributed by atoms with E-state index in [4.69, 9.17) is 9.47 Å². The number of aryl methyl sites for hydroxylation is 1. The number of hydrogen-bond donors (Lipinski definition) is 1. The second-order valence-electron chi connectivity index (χ2n) is 4.92. The van der Waals surface area contributed by atoms with Gasteiger partial charge in [0.05, 0.1) is 24.2 Å². The maximum absolute atomic E-state index is 12.4. The summed E-state index contributed by atoms with van der Waals surface area (Å²) in [5, 5.41) is 14.0. The molecule has 0 bridgehead atoms. The molecule has 0 aliphatic heterocycles. The lowest BCUT2D eigenvalue weighted by molar-refractivity contribution is -0.385. The average Bonchev–Trinajstić information content (AvgIpc) is 2.94. The Hall–Kier alpha value is -2.94. The van der Waals surface area contributed by atoms with Crippen LogP contribution in [-0.2, 0) is 4.74 Å². The summed E-state index contributed by atoms with van der Waals surface area (Å²) in [7, 11) is 1.31. The third-order valence-corrected chi connectivity index (χ3v) is 4.18. The summed E-state index contributed by atoms with van der Waals surface area (Å²) >= 11 is 1.22. The Bertz CT molecular complexity index is 830. The predicted octanol–water partition coefficient (Wildman–Crippen LogP) is 3.40. The number of nitrogens with zero attached hydrogens (tertiary/aromatic N) is 1. The Kier molecular flexibility index (Phi) is 5.71. The molecular weight excluding hydrogens is 348 g/mol. The van der Waals surface area contributed by atoms with Gasteiger partial charge in [-0.25, -0.2) is 4.79 Å². The van der Waals surface area contributed by atoms with E-state index in [1.807, 2.05) is 0 Å². The van der Waals surface area contributed by atoms with Crippen LogP contribution < -0.4 is 10.1 Å². The Morgan fingerprint density at radius 2 is 2.04 bits per heavy atom. The van der Waals surface area contributed by atoms with Gasteiger partial charge < -0.3 is 14.8 Å². The molecule has 1 aromatic heterocycles. The van der Waals surface area contributed by atoms with Gasteiger partial charge in [0.1, 0.15) is 5.00 Å². The van der Waals surface area contributed by atoms with Crippen LogP contribution >= 0.6 is 11.3 Å². The maximum atomic E-state index is 12.4. The molecule has 0 fully saturated rings. The lowest BCUT2D eigenvalue weighted by atomic mass is 10.1. The van der Waals surface area contributed by atoms with Crippen molar-refractivity contribution in [2.45, 2.75) is 13.8 Å². The number of methoxy groups -OCH3 is 1. The summed E-state index contributed by atoms with van der Waals surface area (Å²) in [6, 6.07) is 5.50. The number of thiophene rings is 1. The Morgan fingerprint density at radius 3 is 2.64 bits per heavy atom. The molecule has 1 amide bonds. The molecule has 9 heteroatoms. The van der Waals surface area contributed by atoms with Gasteiger partial charge in [-0.1, -0.05) is 0 Å². The van der Waals surface area contributed by atoms with Crippen LogP contribution in [0.15, 0.2) is 24.3 Å². The molecule has 8 nitrogen and oxygen atoms in total. The number of esters is 1. The van der Waals surface area contributed by atoms with Crippen LogP contribution in [0.2, 0.25) is 0 Å². The van der Waals surface area contributed by atoms with Gasteiger partial charge in [-0.2, -0.15) is 0 Å². The highest BCUT2D eigenvalue weighted by Crippen LogP contribution is 2.31. The zero-order valence-electron chi connectivity index (χ0n) is 13.8. The van der Waals surface area contributed by atoms with Crippen LogP contribution in [0, 0.1) is 17.0 Å². The van der Waals surface area contributed by atoms with Crippen LogP contribution in [0.4, 0.5) is 10.7 Å². The van der Waals surface area contributed by atoms with Crippen molar-refractivity contribution in [2.75, 3.05) is 19.0 Å². The second kappa shape index (κ2) is 7.75. The molecule has 0 unspecified atom stereocenters. The fourth-order valence-corrected chi connectivity index (χ4v) is 3.01. The van der Waals surface area contributed by atoms with E-state index in [0.29, 0.717) is 5.00 Å². The number of anilines is 1. The summed E-state index contributed by atoms with van der Waals surface area (Å²) < 4.78 is 9.87. The molecule has 0 spiro atoms. The summed E-state index contributed by atoms with van der Waals surface area (Å²) in [6.45, 7) is 3.69. The quantitative estimate of drug-likeness (QED) is 0.478. The number of nitro benzene ring substituents is 1. The van der Waals surface area contributed by atoms with E-state index in [1.165, 1.54) is 30.6 Å². The first-order chi connectivity index (χ1) is 11.9. The van der Waals surface area contributed by atoms with Crippen molar-refractivity contribution in [2.24, 2.45) is 0 Å². The molecule has 1 heterocycles. The van der Waals surface area contributed by atoms with E-state index in [1.54, 1.807) is 19.9 Å². The topological polar surface area (TPSA) is 108 Å². The van der Waals surface area contributed by atoms with Gasteiger partial charge in [-0.3, -0.25) is 14.9 Å². The minimum Gasteiger partial charge on any atom is -0.490 e. The number of nitro groups is 1. The van der Waals surface area contributed by atoms with Crippen molar-refractivity contribution in [1.29, 1.82) is 0 Å². The molecule has 0 radical (unpaired) electrons. The second-order valence-corrected chi connectivity index (χ2v) is 6.17. The van der Waals surface area contributed by atoms with E-state index in [2.05, 4.69) is 5.32 Å². The minimum atomic E-state index is -0.630. The lowest BCUT2D eigenvalue weighted by Gasteiger charge is -2.07. The monoisotopic (exact) mass is 364 g/mol. The van der Waals surface area contributed by atoms with Crippen LogP contribution in [0.25, 0.3) is 0 Å². The highest BCUT2D eigenvalue weighted by atomic mass is 32.1. The standard InChI is InChI=1S/C16H16N2O6S/c1-4-24-16(20)11-7-9(2)25-15(11)17-14(19)10-5-6-13(23-3)12(8-10)18(21)22/h5-8H,4H2,1-3H3,(H,17,19). The first-order valence-electron chi connectivity index (χ1n) is 7.28. The molecule has 0 saturated carbocycles. The van der Waals surface area contributed by atoms with Crippen LogP contribution in [0.5, 0.6) is 5.75 Å². The van der Waals surface area contributed by atoms with Gasteiger partial charge in [0.25, 0.3) is 5.91 Å². The lowest BCUT2D eigenvalue weighted by Crippen LogP contribution is -2.14. The van der Waals surface area contributed by atoms with Crippen molar-refractivity contribution >= 4 is 33.9 Å². The Labute approximate surface area is 147 Å². The minimum absolute atomic E-state index is 0.0562. The van der Waals surface area contributed by atoms with Crippen molar-refractivity contribution < 1.29 is 24.0 Å². The van der Waals surface area contributed by atoms with Gasteiger partial charge in [0, 0.05) is 16.5 Å². The highest BCUT2D eigenvalue weighted by Gasteiger charge is 2.21. The maximum Gasteiger partial charge on any atom is 0.341 e. The van der Waals surface area contributed by atoms with E-state index in [-0.39, 0.29) is 29.2 Å². The zero-order chi connectivity index (χ0) is 18.6. The zero-order valence-corrected chi connectivity index (χ0v) is 14.6. The van der Waals surface area contributed by atoms with Crippen molar-refractivity contribution in [3.05, 3.63) is 50.4 Å². The molecule has 2 rings (SSSR count). The van der Waals surface area contributed by atoms with E-state index >= 15 is 0 Å². The SMILES string of the molecule is CCOC(=O)c1cc(C)sc1NC(=O)c1ccc(OC)c([N+](=O)[O-])c1. The summed E-state index contributed by atoms with van der Waals surface area (Å²) in [6.07, 6.45) is 0. The number of rotatable bonds is 6. The Morgan fingerprint density at radius 1 is 1.32 bits per heavy atom. The number of hydrogen-bond acceptors (Lipinski definition) is 7. The van der Waals surface area contributed by atoms with Gasteiger partial charge in [0.2, 0.25) is 0 Å². The molecule has 1 aromatic carbocycles. The average molecular weight is 364 g/mol. The number of amides is 1. The predicted molar refractivity (Wildman–Crippen MR) is 92.6 cm³/mol. The molecule has 0 aliphatic rings. The summed E-state index contributed by atoms with van der Waals surface area (Å²) in [5.74, 6) is -1.05. The van der Waals surface area contributed by atoms with Gasteiger partial charge in [0.15, 0.2) is 5.75 Å². The van der Waals surface area contributed by atoms with E-state index in [9.17, 15) is 19.7 Å². The third-order valence-electron chi connectivity index (χ3n) is 3.22. The molecule has 0 saturated heterocycles. The molecule has 1 N–H and O–H groups in total. The summed E-state index contributed by atoms with van der Waals surface area (Å²) in [5.41, 5.74) is 0.0113. The summed E-state index contributed by atoms with van der Waals surface area (Å²) in [4.78, 5) is 35.6. The first kappa shape index (κ1) is 18.4. The first-order valence-corrected chi connectivity index (χ1v) is 8.10. The molecule has 0 atom stereocenters. The van der Waals surface area contributed by atoms with Crippen LogP contribution in [0.3, 0.4) is 0 Å².